The molecule has 0 aliphatic heterocycles. The summed E-state index contributed by atoms with van der Waals surface area (Å²) < 4.78 is 13.1. The number of benzene rings is 2. The van der Waals surface area contributed by atoms with Gasteiger partial charge in [0, 0.05) is 18.5 Å². The van der Waals surface area contributed by atoms with Crippen molar-refractivity contribution in [2.75, 3.05) is 6.54 Å². The van der Waals surface area contributed by atoms with Gasteiger partial charge in [-0.3, -0.25) is 0 Å². The van der Waals surface area contributed by atoms with E-state index in [1.807, 2.05) is 12.1 Å². The largest absolute Gasteiger partial charge is 0.314 e. The van der Waals surface area contributed by atoms with E-state index in [0.29, 0.717) is 12.0 Å². The summed E-state index contributed by atoms with van der Waals surface area (Å²) in [6.45, 7) is 7.31. The Balaban J connectivity index is 2.17. The second kappa shape index (κ2) is 7.37. The van der Waals surface area contributed by atoms with Gasteiger partial charge in [0.05, 0.1) is 0 Å². The topological polar surface area (TPSA) is 12.0 Å². The van der Waals surface area contributed by atoms with Gasteiger partial charge in [0.2, 0.25) is 0 Å². The van der Waals surface area contributed by atoms with Crippen LogP contribution in [0.2, 0.25) is 0 Å². The first-order chi connectivity index (χ1) is 10.0. The molecule has 2 aromatic carbocycles. The Morgan fingerprint density at radius 1 is 1.05 bits per heavy atom. The molecule has 0 spiro atoms. The molecule has 0 heterocycles. The Labute approximate surface area is 127 Å². The monoisotopic (exact) mass is 285 g/mol. The van der Waals surface area contributed by atoms with Gasteiger partial charge in [-0.25, -0.2) is 4.39 Å². The maximum atomic E-state index is 13.1. The third-order valence-electron chi connectivity index (χ3n) is 3.68. The van der Waals surface area contributed by atoms with Crippen molar-refractivity contribution in [3.05, 3.63) is 71.0 Å². The fourth-order valence-electron chi connectivity index (χ4n) is 2.54. The van der Waals surface area contributed by atoms with E-state index >= 15 is 0 Å². The second-order valence-corrected chi connectivity index (χ2v) is 6.00. The number of rotatable bonds is 6. The maximum Gasteiger partial charge on any atom is 0.123 e. The van der Waals surface area contributed by atoms with Gasteiger partial charge in [0.15, 0.2) is 0 Å². The minimum Gasteiger partial charge on any atom is -0.314 e. The minimum absolute atomic E-state index is 0.176. The lowest BCUT2D eigenvalue weighted by atomic mass is 9.91. The van der Waals surface area contributed by atoms with Gasteiger partial charge >= 0.3 is 0 Å². The molecule has 0 bridgehead atoms. The van der Waals surface area contributed by atoms with Crippen LogP contribution in [0.5, 0.6) is 0 Å². The van der Waals surface area contributed by atoms with Gasteiger partial charge in [0.25, 0.3) is 0 Å². The van der Waals surface area contributed by atoms with E-state index in [1.165, 1.54) is 16.7 Å². The van der Waals surface area contributed by atoms with Crippen molar-refractivity contribution < 1.29 is 4.39 Å². The molecule has 0 saturated heterocycles. The van der Waals surface area contributed by atoms with Gasteiger partial charge < -0.3 is 5.32 Å². The molecular formula is C19H24FN. The lowest BCUT2D eigenvalue weighted by molar-refractivity contribution is 0.526. The van der Waals surface area contributed by atoms with E-state index in [9.17, 15) is 4.39 Å². The standard InChI is InChI=1S/C19H24FN/c1-14(2)21-13-18(17-7-9-19(20)10-8-17)12-16-6-4-5-15(3)11-16/h4-11,14,18,21H,12-13H2,1-3H3. The summed E-state index contributed by atoms with van der Waals surface area (Å²) in [7, 11) is 0. The lowest BCUT2D eigenvalue weighted by Crippen LogP contribution is -2.29. The van der Waals surface area contributed by atoms with E-state index in [-0.39, 0.29) is 5.82 Å². The SMILES string of the molecule is Cc1cccc(CC(CNC(C)C)c2ccc(F)cc2)c1. The highest BCUT2D eigenvalue weighted by atomic mass is 19.1. The first-order valence-corrected chi connectivity index (χ1v) is 7.59. The molecule has 1 atom stereocenters. The average molecular weight is 285 g/mol. The Kier molecular flexibility index (Phi) is 5.51. The Bertz CT molecular complexity index is 560. The molecule has 0 aliphatic rings. The molecule has 0 radical (unpaired) electrons. The van der Waals surface area contributed by atoms with Gasteiger partial charge in [-0.05, 0) is 36.6 Å². The highest BCUT2D eigenvalue weighted by Gasteiger charge is 2.13. The van der Waals surface area contributed by atoms with E-state index in [4.69, 9.17) is 0 Å². The molecule has 0 saturated carbocycles. The molecule has 0 aliphatic carbocycles. The average Bonchev–Trinajstić information content (AvgIpc) is 2.44. The van der Waals surface area contributed by atoms with Gasteiger partial charge in [-0.1, -0.05) is 55.8 Å². The van der Waals surface area contributed by atoms with Crippen LogP contribution in [-0.4, -0.2) is 12.6 Å². The molecule has 0 aromatic heterocycles. The summed E-state index contributed by atoms with van der Waals surface area (Å²) in [5.41, 5.74) is 3.79. The molecule has 0 fully saturated rings. The molecule has 2 aromatic rings. The third kappa shape index (κ3) is 4.98. The van der Waals surface area contributed by atoms with Crippen LogP contribution in [0, 0.1) is 12.7 Å². The van der Waals surface area contributed by atoms with Crippen LogP contribution in [0.3, 0.4) is 0 Å². The molecule has 21 heavy (non-hydrogen) atoms. The summed E-state index contributed by atoms with van der Waals surface area (Å²) in [5.74, 6) is 0.180. The van der Waals surface area contributed by atoms with Crippen molar-refractivity contribution in [3.8, 4) is 0 Å². The number of hydrogen-bond acceptors (Lipinski definition) is 1. The predicted molar refractivity (Wildman–Crippen MR) is 87.2 cm³/mol. The summed E-state index contributed by atoms with van der Waals surface area (Å²) >= 11 is 0. The van der Waals surface area contributed by atoms with Crippen LogP contribution < -0.4 is 5.32 Å². The van der Waals surface area contributed by atoms with Gasteiger partial charge in [0.1, 0.15) is 5.82 Å². The van der Waals surface area contributed by atoms with Crippen LogP contribution in [0.4, 0.5) is 4.39 Å². The normalized spacial score (nSPS) is 12.6. The maximum absolute atomic E-state index is 13.1. The Hall–Kier alpha value is -1.67. The van der Waals surface area contributed by atoms with Crippen LogP contribution in [0.25, 0.3) is 0 Å². The van der Waals surface area contributed by atoms with Crippen LogP contribution in [-0.2, 0) is 6.42 Å². The number of aryl methyl sites for hydroxylation is 1. The molecule has 2 heteroatoms. The fourth-order valence-corrected chi connectivity index (χ4v) is 2.54. The Morgan fingerprint density at radius 2 is 1.76 bits per heavy atom. The van der Waals surface area contributed by atoms with Crippen LogP contribution >= 0.6 is 0 Å². The summed E-state index contributed by atoms with van der Waals surface area (Å²) in [6.07, 6.45) is 0.965. The van der Waals surface area contributed by atoms with Crippen molar-refractivity contribution in [2.45, 2.75) is 39.2 Å². The van der Waals surface area contributed by atoms with E-state index < -0.39 is 0 Å². The predicted octanol–water partition coefficient (Wildman–Crippen LogP) is 4.46. The smallest absolute Gasteiger partial charge is 0.123 e. The second-order valence-electron chi connectivity index (χ2n) is 6.00. The van der Waals surface area contributed by atoms with E-state index in [1.54, 1.807) is 12.1 Å². The van der Waals surface area contributed by atoms with E-state index in [0.717, 1.165) is 13.0 Å². The molecule has 1 nitrogen and oxygen atoms in total. The molecule has 1 N–H and O–H groups in total. The fraction of sp³-hybridized carbons (Fsp3) is 0.368. The van der Waals surface area contributed by atoms with Crippen molar-refractivity contribution >= 4 is 0 Å². The zero-order chi connectivity index (χ0) is 15.2. The van der Waals surface area contributed by atoms with Crippen molar-refractivity contribution in [2.24, 2.45) is 0 Å². The quantitative estimate of drug-likeness (QED) is 0.826. The third-order valence-corrected chi connectivity index (χ3v) is 3.68. The first kappa shape index (κ1) is 15.7. The summed E-state index contributed by atoms with van der Waals surface area (Å²) in [4.78, 5) is 0. The van der Waals surface area contributed by atoms with E-state index in [2.05, 4.69) is 50.4 Å². The summed E-state index contributed by atoms with van der Waals surface area (Å²) in [6, 6.07) is 16.0. The zero-order valence-electron chi connectivity index (χ0n) is 13.1. The van der Waals surface area contributed by atoms with Gasteiger partial charge in [-0.15, -0.1) is 0 Å². The van der Waals surface area contributed by atoms with Crippen LogP contribution in [0.1, 0.15) is 36.5 Å². The van der Waals surface area contributed by atoms with Gasteiger partial charge in [-0.2, -0.15) is 0 Å². The number of hydrogen-bond donors (Lipinski definition) is 1. The van der Waals surface area contributed by atoms with Crippen LogP contribution in [0.15, 0.2) is 48.5 Å². The lowest BCUT2D eigenvalue weighted by Gasteiger charge is -2.20. The van der Waals surface area contributed by atoms with Crippen molar-refractivity contribution in [1.29, 1.82) is 0 Å². The summed E-state index contributed by atoms with van der Waals surface area (Å²) in [5, 5.41) is 3.50. The molecule has 112 valence electrons. The number of halogens is 1. The Morgan fingerprint density at radius 3 is 2.38 bits per heavy atom. The first-order valence-electron chi connectivity index (χ1n) is 7.59. The molecular weight excluding hydrogens is 261 g/mol. The minimum atomic E-state index is -0.176. The molecule has 2 rings (SSSR count). The highest BCUT2D eigenvalue weighted by molar-refractivity contribution is 5.27. The molecule has 1 unspecified atom stereocenters. The van der Waals surface area contributed by atoms with Crippen molar-refractivity contribution in [3.63, 3.8) is 0 Å². The van der Waals surface area contributed by atoms with Crippen molar-refractivity contribution in [1.82, 2.24) is 5.32 Å². The zero-order valence-corrected chi connectivity index (χ0v) is 13.1. The number of nitrogens with one attached hydrogen (secondary N) is 1. The molecule has 0 amide bonds. The highest BCUT2D eigenvalue weighted by Crippen LogP contribution is 2.21.